The Hall–Kier alpha value is -3.79. The van der Waals surface area contributed by atoms with Gasteiger partial charge < -0.3 is 10.2 Å². The Morgan fingerprint density at radius 2 is 1.40 bits per heavy atom. The minimum Gasteiger partial charge on any atom is -0.352 e. The molecule has 0 fully saturated rings. The van der Waals surface area contributed by atoms with Crippen molar-refractivity contribution in [1.29, 1.82) is 0 Å². The molecule has 0 bridgehead atoms. The predicted molar refractivity (Wildman–Crippen MR) is 151 cm³/mol. The Labute approximate surface area is 234 Å². The Balaban J connectivity index is 2.04. The molecule has 7 nitrogen and oxygen atoms in total. The first-order valence-corrected chi connectivity index (χ1v) is 14.6. The zero-order chi connectivity index (χ0) is 29.4. The number of benzene rings is 3. The first-order valence-electron chi connectivity index (χ1n) is 13.2. The molecule has 0 spiro atoms. The first kappa shape index (κ1) is 30.7. The van der Waals surface area contributed by atoms with Gasteiger partial charge in [-0.1, -0.05) is 43.7 Å². The summed E-state index contributed by atoms with van der Waals surface area (Å²) in [5.41, 5.74) is 1.51. The van der Waals surface area contributed by atoms with Gasteiger partial charge in [0.1, 0.15) is 24.2 Å². The van der Waals surface area contributed by atoms with Crippen LogP contribution in [0.2, 0.25) is 0 Å². The van der Waals surface area contributed by atoms with Crippen LogP contribution in [0.15, 0.2) is 77.7 Å². The van der Waals surface area contributed by atoms with Gasteiger partial charge in [-0.15, -0.1) is 0 Å². The molecule has 3 aromatic rings. The second-order valence-corrected chi connectivity index (χ2v) is 11.6. The first-order chi connectivity index (χ1) is 19.0. The summed E-state index contributed by atoms with van der Waals surface area (Å²) < 4.78 is 55.8. The number of hydrogen-bond donors (Lipinski definition) is 1. The molecular weight excluding hydrogens is 536 g/mol. The van der Waals surface area contributed by atoms with Crippen LogP contribution in [0.25, 0.3) is 0 Å². The summed E-state index contributed by atoms with van der Waals surface area (Å²) >= 11 is 0. The SMILES string of the molecule is CC[C@H](C)NC(=O)[C@H](CC)N(Cc1ccc(F)cc1)C(=O)CN(c1ccc(F)cc1)S(=O)(=O)c1ccc(C)cc1. The summed E-state index contributed by atoms with van der Waals surface area (Å²) in [6.07, 6.45) is 0.942. The van der Waals surface area contributed by atoms with E-state index in [1.54, 1.807) is 19.1 Å². The van der Waals surface area contributed by atoms with Crippen molar-refractivity contribution in [2.75, 3.05) is 10.8 Å². The monoisotopic (exact) mass is 571 g/mol. The van der Waals surface area contributed by atoms with Crippen LogP contribution in [0.1, 0.15) is 44.7 Å². The molecule has 40 heavy (non-hydrogen) atoms. The lowest BCUT2D eigenvalue weighted by Crippen LogP contribution is -2.53. The zero-order valence-electron chi connectivity index (χ0n) is 23.1. The van der Waals surface area contributed by atoms with Gasteiger partial charge in [0.2, 0.25) is 11.8 Å². The van der Waals surface area contributed by atoms with E-state index in [-0.39, 0.29) is 35.5 Å². The topological polar surface area (TPSA) is 86.8 Å². The van der Waals surface area contributed by atoms with Crippen LogP contribution in [0.3, 0.4) is 0 Å². The van der Waals surface area contributed by atoms with Gasteiger partial charge in [0.25, 0.3) is 10.0 Å². The van der Waals surface area contributed by atoms with Gasteiger partial charge in [0.05, 0.1) is 10.6 Å². The van der Waals surface area contributed by atoms with Crippen molar-refractivity contribution in [2.45, 2.75) is 64.1 Å². The van der Waals surface area contributed by atoms with E-state index in [4.69, 9.17) is 0 Å². The summed E-state index contributed by atoms with van der Waals surface area (Å²) in [6.45, 7) is 6.65. The van der Waals surface area contributed by atoms with E-state index in [0.29, 0.717) is 12.0 Å². The molecule has 0 aliphatic carbocycles. The highest BCUT2D eigenvalue weighted by Crippen LogP contribution is 2.25. The van der Waals surface area contributed by atoms with Gasteiger partial charge in [-0.25, -0.2) is 17.2 Å². The smallest absolute Gasteiger partial charge is 0.264 e. The molecule has 0 aliphatic rings. The third-order valence-corrected chi connectivity index (χ3v) is 8.44. The average Bonchev–Trinajstić information content (AvgIpc) is 2.93. The second-order valence-electron chi connectivity index (χ2n) is 9.69. The van der Waals surface area contributed by atoms with E-state index < -0.39 is 40.2 Å². The molecule has 10 heteroatoms. The van der Waals surface area contributed by atoms with Crippen LogP contribution >= 0.6 is 0 Å². The number of amides is 2. The van der Waals surface area contributed by atoms with Crippen molar-refractivity contribution in [3.05, 3.63) is 95.6 Å². The second kappa shape index (κ2) is 13.5. The van der Waals surface area contributed by atoms with Crippen LogP contribution in [0, 0.1) is 18.6 Å². The highest BCUT2D eigenvalue weighted by molar-refractivity contribution is 7.92. The molecule has 0 aromatic heterocycles. The molecular formula is C30H35F2N3O4S. The lowest BCUT2D eigenvalue weighted by Gasteiger charge is -2.33. The molecule has 214 valence electrons. The highest BCUT2D eigenvalue weighted by atomic mass is 32.2. The lowest BCUT2D eigenvalue weighted by atomic mass is 10.1. The Morgan fingerprint density at radius 3 is 1.93 bits per heavy atom. The summed E-state index contributed by atoms with van der Waals surface area (Å²) in [6, 6.07) is 15.4. The van der Waals surface area contributed by atoms with Gasteiger partial charge in [0.15, 0.2) is 0 Å². The molecule has 3 rings (SSSR count). The number of nitrogens with one attached hydrogen (secondary N) is 1. The summed E-state index contributed by atoms with van der Waals surface area (Å²) in [4.78, 5) is 28.5. The van der Waals surface area contributed by atoms with Gasteiger partial charge in [-0.3, -0.25) is 13.9 Å². The number of sulfonamides is 1. The number of carbonyl (C=O) groups excluding carboxylic acids is 2. The van der Waals surface area contributed by atoms with Crippen LogP contribution in [0.4, 0.5) is 14.5 Å². The molecule has 1 N–H and O–H groups in total. The van der Waals surface area contributed by atoms with E-state index in [0.717, 1.165) is 22.0 Å². The van der Waals surface area contributed by atoms with Crippen molar-refractivity contribution in [3.8, 4) is 0 Å². The fraction of sp³-hybridized carbons (Fsp3) is 0.333. The standard InChI is InChI=1S/C30H35F2N3O4S/c1-5-22(4)33-30(37)28(6-2)34(19-23-9-11-24(31)12-10-23)29(36)20-35(26-15-13-25(32)14-16-26)40(38,39)27-17-7-21(3)8-18-27/h7-18,22,28H,5-6,19-20H2,1-4H3,(H,33,37)/t22-,28-/m0/s1. The van der Waals surface area contributed by atoms with Crippen molar-refractivity contribution in [2.24, 2.45) is 0 Å². The summed E-state index contributed by atoms with van der Waals surface area (Å²) in [5, 5.41) is 2.90. The number of carbonyl (C=O) groups is 2. The van der Waals surface area contributed by atoms with Crippen LogP contribution in [-0.4, -0.2) is 43.8 Å². The third-order valence-electron chi connectivity index (χ3n) is 6.66. The van der Waals surface area contributed by atoms with E-state index in [1.165, 1.54) is 53.4 Å². The Kier molecular flexibility index (Phi) is 10.4. The van der Waals surface area contributed by atoms with E-state index in [9.17, 15) is 26.8 Å². The van der Waals surface area contributed by atoms with Gasteiger partial charge in [-0.05, 0) is 80.8 Å². The van der Waals surface area contributed by atoms with E-state index >= 15 is 0 Å². The maximum absolute atomic E-state index is 13.9. The molecule has 0 saturated heterocycles. The molecule has 0 unspecified atom stereocenters. The summed E-state index contributed by atoms with van der Waals surface area (Å²) in [5.74, 6) is -2.03. The molecule has 0 heterocycles. The lowest BCUT2D eigenvalue weighted by molar-refractivity contribution is -0.140. The zero-order valence-corrected chi connectivity index (χ0v) is 23.9. The van der Waals surface area contributed by atoms with Crippen LogP contribution < -0.4 is 9.62 Å². The number of rotatable bonds is 12. The summed E-state index contributed by atoms with van der Waals surface area (Å²) in [7, 11) is -4.25. The number of halogens is 2. The fourth-order valence-electron chi connectivity index (χ4n) is 4.12. The molecule has 2 atom stereocenters. The van der Waals surface area contributed by atoms with Crippen molar-refractivity contribution in [3.63, 3.8) is 0 Å². The molecule has 3 aromatic carbocycles. The highest BCUT2D eigenvalue weighted by Gasteiger charge is 2.34. The number of nitrogens with zero attached hydrogens (tertiary/aromatic N) is 2. The largest absolute Gasteiger partial charge is 0.352 e. The Bertz CT molecular complexity index is 1400. The predicted octanol–water partition coefficient (Wildman–Crippen LogP) is 5.19. The van der Waals surface area contributed by atoms with Crippen LogP contribution in [0.5, 0.6) is 0 Å². The minimum atomic E-state index is -4.25. The number of aryl methyl sites for hydroxylation is 1. The quantitative estimate of drug-likeness (QED) is 0.324. The Morgan fingerprint density at radius 1 is 0.850 bits per heavy atom. The molecule has 0 saturated carbocycles. The van der Waals surface area contributed by atoms with E-state index in [2.05, 4.69) is 5.32 Å². The number of hydrogen-bond acceptors (Lipinski definition) is 4. The van der Waals surface area contributed by atoms with Gasteiger partial charge >= 0.3 is 0 Å². The van der Waals surface area contributed by atoms with Gasteiger partial charge in [0, 0.05) is 12.6 Å². The molecule has 2 amide bonds. The maximum atomic E-state index is 13.9. The van der Waals surface area contributed by atoms with Crippen molar-refractivity contribution in [1.82, 2.24) is 10.2 Å². The normalized spacial score (nSPS) is 12.8. The average molecular weight is 572 g/mol. The van der Waals surface area contributed by atoms with Crippen LogP contribution in [-0.2, 0) is 26.2 Å². The van der Waals surface area contributed by atoms with Crippen molar-refractivity contribution < 1.29 is 26.8 Å². The maximum Gasteiger partial charge on any atom is 0.264 e. The fourth-order valence-corrected chi connectivity index (χ4v) is 5.53. The van der Waals surface area contributed by atoms with Gasteiger partial charge in [-0.2, -0.15) is 0 Å². The molecule has 0 aliphatic heterocycles. The third kappa shape index (κ3) is 7.65. The van der Waals surface area contributed by atoms with Crippen molar-refractivity contribution >= 4 is 27.5 Å². The van der Waals surface area contributed by atoms with E-state index in [1.807, 2.05) is 20.8 Å². The number of anilines is 1. The minimum absolute atomic E-state index is 0.0399. The molecule has 0 radical (unpaired) electrons.